The van der Waals surface area contributed by atoms with Gasteiger partial charge in [-0.1, -0.05) is 6.07 Å². The summed E-state index contributed by atoms with van der Waals surface area (Å²) in [4.78, 5) is 30.8. The molecule has 7 nitrogen and oxygen atoms in total. The monoisotopic (exact) mass is 368 g/mol. The van der Waals surface area contributed by atoms with Crippen molar-refractivity contribution in [1.82, 2.24) is 14.5 Å². The molecule has 4 rings (SSSR count). The largest absolute Gasteiger partial charge is 0.484 e. The van der Waals surface area contributed by atoms with Gasteiger partial charge in [0.25, 0.3) is 5.91 Å². The number of aryl methyl sites for hydroxylation is 1. The van der Waals surface area contributed by atoms with E-state index in [0.29, 0.717) is 17.9 Å². The number of likely N-dealkylation sites (tertiary alicyclic amines) is 1. The number of carbonyl (C=O) groups excluding carboxylic acids is 2. The topological polar surface area (TPSA) is 76.5 Å². The Hall–Kier alpha value is -2.83. The summed E-state index contributed by atoms with van der Waals surface area (Å²) in [5.74, 6) is 1.47. The molecule has 2 aliphatic heterocycles. The van der Waals surface area contributed by atoms with Crippen LogP contribution in [0.1, 0.15) is 25.1 Å². The number of carbonyl (C=O) groups is 2. The Labute approximate surface area is 158 Å². The maximum absolute atomic E-state index is 12.6. The van der Waals surface area contributed by atoms with Crippen molar-refractivity contribution in [1.29, 1.82) is 0 Å². The number of imidazole rings is 1. The van der Waals surface area contributed by atoms with Crippen LogP contribution in [0.25, 0.3) is 0 Å². The van der Waals surface area contributed by atoms with E-state index in [1.54, 1.807) is 18.3 Å². The van der Waals surface area contributed by atoms with Crippen LogP contribution in [0.2, 0.25) is 0 Å². The fourth-order valence-electron chi connectivity index (χ4n) is 3.69. The summed E-state index contributed by atoms with van der Waals surface area (Å²) in [6.07, 6.45) is 7.31. The summed E-state index contributed by atoms with van der Waals surface area (Å²) in [7, 11) is 0. The highest BCUT2D eigenvalue weighted by molar-refractivity contribution is 5.93. The zero-order valence-electron chi connectivity index (χ0n) is 15.3. The molecule has 1 N–H and O–H groups in total. The van der Waals surface area contributed by atoms with Crippen molar-refractivity contribution >= 4 is 17.5 Å². The Morgan fingerprint density at radius 2 is 2.07 bits per heavy atom. The standard InChI is InChI=1S/C20H24N4O3/c25-19(24-8-1-2-9-24)14-27-17-5-3-4-16(13-17)22-20(26)15-6-10-23-11-7-21-18(23)12-15/h3-5,7,11,13,15H,1-2,6,8-10,12,14H2,(H,22,26). The molecule has 1 fully saturated rings. The van der Waals surface area contributed by atoms with Crippen LogP contribution in [0.5, 0.6) is 5.75 Å². The van der Waals surface area contributed by atoms with E-state index in [2.05, 4.69) is 14.9 Å². The highest BCUT2D eigenvalue weighted by Crippen LogP contribution is 2.23. The van der Waals surface area contributed by atoms with Crippen molar-refractivity contribution < 1.29 is 14.3 Å². The molecule has 142 valence electrons. The van der Waals surface area contributed by atoms with Crippen LogP contribution in [0.3, 0.4) is 0 Å². The molecule has 27 heavy (non-hydrogen) atoms. The first-order chi connectivity index (χ1) is 13.2. The van der Waals surface area contributed by atoms with Crippen LogP contribution >= 0.6 is 0 Å². The minimum atomic E-state index is -0.0822. The number of nitrogens with one attached hydrogen (secondary N) is 1. The Kier molecular flexibility index (Phi) is 5.09. The van der Waals surface area contributed by atoms with Gasteiger partial charge >= 0.3 is 0 Å². The van der Waals surface area contributed by atoms with Gasteiger partial charge in [0.05, 0.1) is 0 Å². The number of ether oxygens (including phenoxy) is 1. The highest BCUT2D eigenvalue weighted by Gasteiger charge is 2.25. The summed E-state index contributed by atoms with van der Waals surface area (Å²) in [6.45, 7) is 2.48. The molecule has 7 heteroatoms. The van der Waals surface area contributed by atoms with Crippen LogP contribution < -0.4 is 10.1 Å². The number of rotatable bonds is 5. The molecule has 2 aliphatic rings. The second-order valence-corrected chi connectivity index (χ2v) is 7.12. The minimum Gasteiger partial charge on any atom is -0.484 e. The smallest absolute Gasteiger partial charge is 0.260 e. The first kappa shape index (κ1) is 17.6. The van der Waals surface area contributed by atoms with Gasteiger partial charge in [-0.2, -0.15) is 0 Å². The first-order valence-corrected chi connectivity index (χ1v) is 9.50. The number of nitrogens with zero attached hydrogens (tertiary/aromatic N) is 3. The number of anilines is 1. The number of hydrogen-bond donors (Lipinski definition) is 1. The molecule has 3 heterocycles. The van der Waals surface area contributed by atoms with E-state index >= 15 is 0 Å². The molecule has 1 unspecified atom stereocenters. The van der Waals surface area contributed by atoms with E-state index in [1.807, 2.05) is 23.2 Å². The fourth-order valence-corrected chi connectivity index (χ4v) is 3.69. The third kappa shape index (κ3) is 4.13. The van der Waals surface area contributed by atoms with Gasteiger partial charge in [-0.3, -0.25) is 9.59 Å². The maximum atomic E-state index is 12.6. The second-order valence-electron chi connectivity index (χ2n) is 7.12. The van der Waals surface area contributed by atoms with E-state index in [-0.39, 0.29) is 24.3 Å². The minimum absolute atomic E-state index is 0.00505. The Morgan fingerprint density at radius 1 is 1.22 bits per heavy atom. The third-order valence-electron chi connectivity index (χ3n) is 5.24. The molecule has 0 saturated carbocycles. The predicted octanol–water partition coefficient (Wildman–Crippen LogP) is 2.09. The lowest BCUT2D eigenvalue weighted by Crippen LogP contribution is -2.32. The van der Waals surface area contributed by atoms with Crippen molar-refractivity contribution in [3.63, 3.8) is 0 Å². The average Bonchev–Trinajstić information content (AvgIpc) is 3.37. The van der Waals surface area contributed by atoms with Crippen LogP contribution in [0, 0.1) is 5.92 Å². The molecule has 2 aromatic rings. The van der Waals surface area contributed by atoms with Crippen LogP contribution in [0.4, 0.5) is 5.69 Å². The summed E-state index contributed by atoms with van der Waals surface area (Å²) < 4.78 is 7.72. The van der Waals surface area contributed by atoms with E-state index in [4.69, 9.17) is 4.74 Å². The third-order valence-corrected chi connectivity index (χ3v) is 5.24. The van der Waals surface area contributed by atoms with Gasteiger partial charge in [0, 0.05) is 56.1 Å². The molecule has 1 atom stereocenters. The maximum Gasteiger partial charge on any atom is 0.260 e. The second kappa shape index (κ2) is 7.82. The van der Waals surface area contributed by atoms with Gasteiger partial charge in [-0.15, -0.1) is 0 Å². The molecule has 1 saturated heterocycles. The molecule has 2 amide bonds. The zero-order valence-corrected chi connectivity index (χ0v) is 15.3. The van der Waals surface area contributed by atoms with Crippen LogP contribution in [-0.4, -0.2) is 46.0 Å². The van der Waals surface area contributed by atoms with Gasteiger partial charge in [-0.25, -0.2) is 4.98 Å². The molecule has 1 aromatic carbocycles. The summed E-state index contributed by atoms with van der Waals surface area (Å²) in [5, 5.41) is 2.97. The number of hydrogen-bond acceptors (Lipinski definition) is 4. The van der Waals surface area contributed by atoms with Gasteiger partial charge in [0.2, 0.25) is 5.91 Å². The van der Waals surface area contributed by atoms with Crippen molar-refractivity contribution in [2.24, 2.45) is 5.92 Å². The normalized spacial score (nSPS) is 18.8. The summed E-state index contributed by atoms with van der Waals surface area (Å²) in [5.41, 5.74) is 0.681. The van der Waals surface area contributed by atoms with E-state index in [9.17, 15) is 9.59 Å². The van der Waals surface area contributed by atoms with Crippen molar-refractivity contribution in [3.8, 4) is 5.75 Å². The van der Waals surface area contributed by atoms with Gasteiger partial charge < -0.3 is 19.5 Å². The quantitative estimate of drug-likeness (QED) is 0.877. The van der Waals surface area contributed by atoms with Crippen LogP contribution in [-0.2, 0) is 22.6 Å². The Bertz CT molecular complexity index is 826. The fraction of sp³-hybridized carbons (Fsp3) is 0.450. The zero-order chi connectivity index (χ0) is 18.6. The molecule has 0 radical (unpaired) electrons. The number of fused-ring (bicyclic) bond motifs is 1. The molecule has 0 aliphatic carbocycles. The molecule has 1 aromatic heterocycles. The molecule has 0 bridgehead atoms. The number of amides is 2. The van der Waals surface area contributed by atoms with Gasteiger partial charge in [-0.05, 0) is 31.4 Å². The van der Waals surface area contributed by atoms with Crippen molar-refractivity contribution in [2.45, 2.75) is 32.2 Å². The van der Waals surface area contributed by atoms with E-state index in [1.165, 1.54) is 0 Å². The van der Waals surface area contributed by atoms with Gasteiger partial charge in [0.15, 0.2) is 6.61 Å². The van der Waals surface area contributed by atoms with E-state index < -0.39 is 0 Å². The Morgan fingerprint density at radius 3 is 2.93 bits per heavy atom. The average molecular weight is 368 g/mol. The summed E-state index contributed by atoms with van der Waals surface area (Å²) >= 11 is 0. The van der Waals surface area contributed by atoms with E-state index in [0.717, 1.165) is 44.7 Å². The van der Waals surface area contributed by atoms with Crippen molar-refractivity contribution in [3.05, 3.63) is 42.5 Å². The molecule has 0 spiro atoms. The highest BCUT2D eigenvalue weighted by atomic mass is 16.5. The van der Waals surface area contributed by atoms with Crippen LogP contribution in [0.15, 0.2) is 36.7 Å². The lowest BCUT2D eigenvalue weighted by molar-refractivity contribution is -0.132. The summed E-state index contributed by atoms with van der Waals surface area (Å²) in [6, 6.07) is 7.21. The SMILES string of the molecule is O=C(Nc1cccc(OCC(=O)N2CCCC2)c1)C1CCn2ccnc2C1. The lowest BCUT2D eigenvalue weighted by atomic mass is 9.97. The van der Waals surface area contributed by atoms with Gasteiger partial charge in [0.1, 0.15) is 11.6 Å². The molecular weight excluding hydrogens is 344 g/mol. The molecular formula is C20H24N4O3. The lowest BCUT2D eigenvalue weighted by Gasteiger charge is -2.22. The predicted molar refractivity (Wildman–Crippen MR) is 100 cm³/mol. The Balaban J connectivity index is 1.32. The van der Waals surface area contributed by atoms with Crippen molar-refractivity contribution in [2.75, 3.05) is 25.0 Å². The number of benzene rings is 1. The number of aromatic nitrogens is 2. The first-order valence-electron chi connectivity index (χ1n) is 9.50.